The number of benzene rings is 1. The first-order chi connectivity index (χ1) is 9.10. The number of nitrogens with one attached hydrogen (secondary N) is 1. The second-order valence-corrected chi connectivity index (χ2v) is 4.79. The summed E-state index contributed by atoms with van der Waals surface area (Å²) in [6.45, 7) is 0. The molecule has 1 rings (SSSR count). The van der Waals surface area contributed by atoms with Crippen molar-refractivity contribution in [1.82, 2.24) is 5.32 Å². The van der Waals surface area contributed by atoms with Crippen molar-refractivity contribution in [3.8, 4) is 6.07 Å². The van der Waals surface area contributed by atoms with Crippen molar-refractivity contribution in [3.63, 3.8) is 0 Å². The number of carbonyl (C=O) groups is 2. The van der Waals surface area contributed by atoms with Crippen molar-refractivity contribution in [2.24, 2.45) is 0 Å². The van der Waals surface area contributed by atoms with Crippen molar-refractivity contribution in [1.29, 1.82) is 5.26 Å². The van der Waals surface area contributed by atoms with E-state index in [1.807, 2.05) is 12.3 Å². The SMILES string of the molecule is CSCC[C@H](NC(=O)c1ccccc1C#N)C(=O)O. The van der Waals surface area contributed by atoms with Gasteiger partial charge in [-0.1, -0.05) is 12.1 Å². The van der Waals surface area contributed by atoms with Crippen LogP contribution in [-0.4, -0.2) is 35.0 Å². The Bertz CT molecular complexity index is 511. The molecule has 1 amide bonds. The number of amides is 1. The summed E-state index contributed by atoms with van der Waals surface area (Å²) >= 11 is 1.51. The average Bonchev–Trinajstić information content (AvgIpc) is 2.42. The van der Waals surface area contributed by atoms with E-state index in [1.54, 1.807) is 12.1 Å². The number of hydrogen-bond acceptors (Lipinski definition) is 4. The fourth-order valence-corrected chi connectivity index (χ4v) is 1.98. The van der Waals surface area contributed by atoms with E-state index in [9.17, 15) is 9.59 Å². The maximum absolute atomic E-state index is 12.0. The van der Waals surface area contributed by atoms with Gasteiger partial charge >= 0.3 is 5.97 Å². The van der Waals surface area contributed by atoms with Crippen molar-refractivity contribution >= 4 is 23.6 Å². The number of thioether (sulfide) groups is 1. The fourth-order valence-electron chi connectivity index (χ4n) is 1.51. The molecule has 0 aromatic heterocycles. The molecule has 0 saturated heterocycles. The number of aliphatic carboxylic acids is 1. The number of carboxylic acid groups (broad SMARTS) is 1. The van der Waals surface area contributed by atoms with Gasteiger partial charge in [-0.05, 0) is 30.6 Å². The fraction of sp³-hybridized carbons (Fsp3) is 0.308. The van der Waals surface area contributed by atoms with E-state index < -0.39 is 17.9 Å². The number of hydrogen-bond donors (Lipinski definition) is 2. The minimum Gasteiger partial charge on any atom is -0.480 e. The standard InChI is InChI=1S/C13H14N2O3S/c1-19-7-6-11(13(17)18)15-12(16)10-5-3-2-4-9(10)8-14/h2-5,11H,6-7H2,1H3,(H,15,16)(H,17,18)/t11-/m0/s1. The van der Waals surface area contributed by atoms with Gasteiger partial charge in [0.05, 0.1) is 17.2 Å². The minimum atomic E-state index is -1.07. The van der Waals surface area contributed by atoms with Crippen LogP contribution in [0, 0.1) is 11.3 Å². The molecule has 0 bridgehead atoms. The zero-order valence-electron chi connectivity index (χ0n) is 10.4. The topological polar surface area (TPSA) is 90.2 Å². The normalized spacial score (nSPS) is 11.4. The molecule has 6 heteroatoms. The van der Waals surface area contributed by atoms with Crippen LogP contribution in [0.4, 0.5) is 0 Å². The van der Waals surface area contributed by atoms with Crippen LogP contribution in [0.1, 0.15) is 22.3 Å². The maximum Gasteiger partial charge on any atom is 0.326 e. The van der Waals surface area contributed by atoms with Gasteiger partial charge in [0.2, 0.25) is 0 Å². The zero-order valence-corrected chi connectivity index (χ0v) is 11.2. The average molecular weight is 278 g/mol. The van der Waals surface area contributed by atoms with Gasteiger partial charge in [-0.25, -0.2) is 4.79 Å². The Labute approximate surface area is 115 Å². The van der Waals surface area contributed by atoms with Crippen LogP contribution in [-0.2, 0) is 4.79 Å². The third-order valence-corrected chi connectivity index (χ3v) is 3.15. The van der Waals surface area contributed by atoms with Crippen LogP contribution in [0.15, 0.2) is 24.3 Å². The second kappa shape index (κ2) is 7.44. The van der Waals surface area contributed by atoms with Crippen molar-refractivity contribution < 1.29 is 14.7 Å². The van der Waals surface area contributed by atoms with Crippen LogP contribution in [0.3, 0.4) is 0 Å². The smallest absolute Gasteiger partial charge is 0.326 e. The number of carbonyl (C=O) groups excluding carboxylic acids is 1. The molecule has 0 fully saturated rings. The highest BCUT2D eigenvalue weighted by Gasteiger charge is 2.21. The van der Waals surface area contributed by atoms with Crippen LogP contribution < -0.4 is 5.32 Å². The zero-order chi connectivity index (χ0) is 14.3. The molecule has 0 spiro atoms. The van der Waals surface area contributed by atoms with Crippen LogP contribution in [0.2, 0.25) is 0 Å². The van der Waals surface area contributed by atoms with E-state index in [0.29, 0.717) is 12.2 Å². The quantitative estimate of drug-likeness (QED) is 0.823. The van der Waals surface area contributed by atoms with Crippen molar-refractivity contribution in [2.45, 2.75) is 12.5 Å². The first-order valence-electron chi connectivity index (χ1n) is 5.62. The molecule has 0 aliphatic heterocycles. The van der Waals surface area contributed by atoms with E-state index in [4.69, 9.17) is 10.4 Å². The summed E-state index contributed by atoms with van der Waals surface area (Å²) in [6, 6.07) is 7.28. The number of nitriles is 1. The van der Waals surface area contributed by atoms with E-state index in [-0.39, 0.29) is 11.1 Å². The van der Waals surface area contributed by atoms with Crippen LogP contribution in [0.5, 0.6) is 0 Å². The molecular weight excluding hydrogens is 264 g/mol. The summed E-state index contributed by atoms with van der Waals surface area (Å²) in [4.78, 5) is 23.0. The van der Waals surface area contributed by atoms with E-state index in [0.717, 1.165) is 0 Å². The predicted octanol–water partition coefficient (Wildman–Crippen LogP) is 1.49. The Hall–Kier alpha value is -2.00. The number of nitrogens with zero attached hydrogens (tertiary/aromatic N) is 1. The summed E-state index contributed by atoms with van der Waals surface area (Å²) in [5.41, 5.74) is 0.425. The highest BCUT2D eigenvalue weighted by atomic mass is 32.2. The summed E-state index contributed by atoms with van der Waals surface area (Å²) in [6.07, 6.45) is 2.21. The Morgan fingerprint density at radius 1 is 1.47 bits per heavy atom. The molecule has 100 valence electrons. The molecule has 0 heterocycles. The van der Waals surface area contributed by atoms with Crippen LogP contribution >= 0.6 is 11.8 Å². The first-order valence-corrected chi connectivity index (χ1v) is 7.01. The minimum absolute atomic E-state index is 0.195. The monoisotopic (exact) mass is 278 g/mol. The lowest BCUT2D eigenvalue weighted by Gasteiger charge is -2.14. The molecule has 0 aliphatic rings. The third-order valence-electron chi connectivity index (χ3n) is 2.51. The van der Waals surface area contributed by atoms with Crippen molar-refractivity contribution in [3.05, 3.63) is 35.4 Å². The van der Waals surface area contributed by atoms with E-state index >= 15 is 0 Å². The molecule has 5 nitrogen and oxygen atoms in total. The van der Waals surface area contributed by atoms with Gasteiger partial charge in [0.15, 0.2) is 0 Å². The van der Waals surface area contributed by atoms with Gasteiger partial charge in [-0.2, -0.15) is 17.0 Å². The third kappa shape index (κ3) is 4.30. The molecule has 1 aromatic rings. The van der Waals surface area contributed by atoms with Crippen LogP contribution in [0.25, 0.3) is 0 Å². The summed E-state index contributed by atoms with van der Waals surface area (Å²) in [5, 5.41) is 20.4. The van der Waals surface area contributed by atoms with Gasteiger partial charge in [-0.3, -0.25) is 4.79 Å². The second-order valence-electron chi connectivity index (χ2n) is 3.80. The van der Waals surface area contributed by atoms with Gasteiger partial charge in [-0.15, -0.1) is 0 Å². The maximum atomic E-state index is 12.0. The van der Waals surface area contributed by atoms with E-state index in [1.165, 1.54) is 23.9 Å². The largest absolute Gasteiger partial charge is 0.480 e. The highest BCUT2D eigenvalue weighted by molar-refractivity contribution is 7.98. The first kappa shape index (κ1) is 15.1. The molecule has 2 N–H and O–H groups in total. The predicted molar refractivity (Wildman–Crippen MR) is 73.0 cm³/mol. The Morgan fingerprint density at radius 3 is 2.74 bits per heavy atom. The van der Waals surface area contributed by atoms with Crippen molar-refractivity contribution in [2.75, 3.05) is 12.0 Å². The lowest BCUT2D eigenvalue weighted by molar-refractivity contribution is -0.139. The lowest BCUT2D eigenvalue weighted by atomic mass is 10.1. The highest BCUT2D eigenvalue weighted by Crippen LogP contribution is 2.08. The Balaban J connectivity index is 2.82. The molecule has 1 atom stereocenters. The van der Waals surface area contributed by atoms with Gasteiger partial charge in [0, 0.05) is 0 Å². The molecule has 19 heavy (non-hydrogen) atoms. The van der Waals surface area contributed by atoms with E-state index in [2.05, 4.69) is 5.32 Å². The molecule has 0 aliphatic carbocycles. The number of rotatable bonds is 6. The Kier molecular flexibility index (Phi) is 5.90. The van der Waals surface area contributed by atoms with Gasteiger partial charge < -0.3 is 10.4 Å². The van der Waals surface area contributed by atoms with Gasteiger partial charge in [0.1, 0.15) is 6.04 Å². The summed E-state index contributed by atoms with van der Waals surface area (Å²) in [5.74, 6) is -0.973. The molecule has 1 aromatic carbocycles. The molecule has 0 radical (unpaired) electrons. The lowest BCUT2D eigenvalue weighted by Crippen LogP contribution is -2.41. The molecule has 0 saturated carbocycles. The summed E-state index contributed by atoms with van der Waals surface area (Å²) in [7, 11) is 0. The molecule has 0 unspecified atom stereocenters. The summed E-state index contributed by atoms with van der Waals surface area (Å²) < 4.78 is 0. The number of carboxylic acids is 1. The molecular formula is C13H14N2O3S. The van der Waals surface area contributed by atoms with Gasteiger partial charge in [0.25, 0.3) is 5.91 Å². The Morgan fingerprint density at radius 2 is 2.16 bits per heavy atom.